The Bertz CT molecular complexity index is 855. The van der Waals surface area contributed by atoms with E-state index in [-0.39, 0.29) is 11.8 Å². The summed E-state index contributed by atoms with van der Waals surface area (Å²) >= 11 is 6.13. The van der Waals surface area contributed by atoms with Gasteiger partial charge in [0.2, 0.25) is 5.91 Å². The molecule has 30 heavy (non-hydrogen) atoms. The first kappa shape index (κ1) is 21.4. The van der Waals surface area contributed by atoms with Gasteiger partial charge in [-0.05, 0) is 93.8 Å². The number of amides is 1. The summed E-state index contributed by atoms with van der Waals surface area (Å²) in [7, 11) is 0. The Balaban J connectivity index is 1.31. The van der Waals surface area contributed by atoms with Crippen LogP contribution in [0.5, 0.6) is 0 Å². The maximum Gasteiger partial charge on any atom is 0.227 e. The van der Waals surface area contributed by atoms with E-state index < -0.39 is 0 Å². The Labute approximate surface area is 185 Å². The Morgan fingerprint density at radius 1 is 0.967 bits per heavy atom. The highest BCUT2D eigenvalue weighted by Gasteiger charge is 2.30. The monoisotopic (exact) mass is 425 g/mol. The second-order valence-corrected chi connectivity index (χ2v) is 8.99. The Morgan fingerprint density at radius 2 is 1.63 bits per heavy atom. The molecule has 2 aliphatic rings. The molecule has 0 unspecified atom stereocenters. The van der Waals surface area contributed by atoms with Gasteiger partial charge < -0.3 is 15.1 Å². The summed E-state index contributed by atoms with van der Waals surface area (Å²) in [5.74, 6) is 0.255. The molecule has 160 valence electrons. The molecule has 0 spiro atoms. The second-order valence-electron chi connectivity index (χ2n) is 8.56. The molecule has 0 radical (unpaired) electrons. The standard InChI is InChI=1S/C25H32ClN3O/c1-2-28-13-11-24(12-14-28)29-15-9-19(10-16-29)25(30)27-23-8-4-6-21(18-23)20-5-3-7-22(26)17-20/h3-8,17-19,24H,2,9-16H2,1H3,(H,27,30). The minimum atomic E-state index is 0.104. The van der Waals surface area contributed by atoms with Crippen LogP contribution < -0.4 is 5.32 Å². The van der Waals surface area contributed by atoms with Gasteiger partial charge in [-0.15, -0.1) is 0 Å². The zero-order valence-electron chi connectivity index (χ0n) is 17.8. The van der Waals surface area contributed by atoms with Crippen LogP contribution in [0.1, 0.15) is 32.6 Å². The van der Waals surface area contributed by atoms with Crippen LogP contribution in [0.3, 0.4) is 0 Å². The van der Waals surface area contributed by atoms with Crippen LogP contribution in [0.25, 0.3) is 11.1 Å². The molecule has 2 aromatic carbocycles. The number of anilines is 1. The third-order valence-electron chi connectivity index (χ3n) is 6.71. The molecule has 0 atom stereocenters. The topological polar surface area (TPSA) is 35.6 Å². The van der Waals surface area contributed by atoms with E-state index in [2.05, 4.69) is 22.0 Å². The highest BCUT2D eigenvalue weighted by atomic mass is 35.5. The minimum Gasteiger partial charge on any atom is -0.326 e. The summed E-state index contributed by atoms with van der Waals surface area (Å²) in [4.78, 5) is 18.0. The van der Waals surface area contributed by atoms with E-state index in [0.717, 1.165) is 49.3 Å². The molecule has 0 aliphatic carbocycles. The number of piperidine rings is 2. The van der Waals surface area contributed by atoms with Gasteiger partial charge in [0.05, 0.1) is 0 Å². The molecule has 4 nitrogen and oxygen atoms in total. The van der Waals surface area contributed by atoms with Crippen molar-refractivity contribution in [2.75, 3.05) is 38.0 Å². The zero-order chi connectivity index (χ0) is 20.9. The summed E-state index contributed by atoms with van der Waals surface area (Å²) in [6.45, 7) is 7.91. The molecule has 5 heteroatoms. The Kier molecular flexibility index (Phi) is 7.08. The highest BCUT2D eigenvalue weighted by Crippen LogP contribution is 2.27. The number of halogens is 1. The van der Waals surface area contributed by atoms with Crippen molar-refractivity contribution in [3.63, 3.8) is 0 Å². The number of hydrogen-bond acceptors (Lipinski definition) is 3. The van der Waals surface area contributed by atoms with Crippen molar-refractivity contribution in [1.82, 2.24) is 9.80 Å². The Morgan fingerprint density at radius 3 is 2.30 bits per heavy atom. The molecule has 2 saturated heterocycles. The maximum atomic E-state index is 12.9. The van der Waals surface area contributed by atoms with Crippen molar-refractivity contribution in [1.29, 1.82) is 0 Å². The zero-order valence-corrected chi connectivity index (χ0v) is 18.6. The largest absolute Gasteiger partial charge is 0.326 e. The van der Waals surface area contributed by atoms with Crippen molar-refractivity contribution in [2.24, 2.45) is 5.92 Å². The summed E-state index contributed by atoms with van der Waals surface area (Å²) in [5, 5.41) is 3.86. The van der Waals surface area contributed by atoms with E-state index in [9.17, 15) is 4.79 Å². The first-order chi connectivity index (χ1) is 14.6. The van der Waals surface area contributed by atoms with Crippen LogP contribution in [-0.4, -0.2) is 54.5 Å². The fourth-order valence-corrected chi connectivity index (χ4v) is 5.01. The molecular weight excluding hydrogens is 394 g/mol. The van der Waals surface area contributed by atoms with Gasteiger partial charge >= 0.3 is 0 Å². The molecule has 0 aromatic heterocycles. The van der Waals surface area contributed by atoms with E-state index in [1.165, 1.54) is 25.9 Å². The fraction of sp³-hybridized carbons (Fsp3) is 0.480. The van der Waals surface area contributed by atoms with Gasteiger partial charge in [0.15, 0.2) is 0 Å². The van der Waals surface area contributed by atoms with Gasteiger partial charge in [-0.2, -0.15) is 0 Å². The molecule has 0 saturated carbocycles. The molecule has 0 bridgehead atoms. The van der Waals surface area contributed by atoms with Crippen LogP contribution in [0.4, 0.5) is 5.69 Å². The normalized spacial score (nSPS) is 19.7. The van der Waals surface area contributed by atoms with Gasteiger partial charge in [-0.1, -0.05) is 42.8 Å². The van der Waals surface area contributed by atoms with Gasteiger partial charge in [0.25, 0.3) is 0 Å². The summed E-state index contributed by atoms with van der Waals surface area (Å²) in [6.07, 6.45) is 4.43. The quantitative estimate of drug-likeness (QED) is 0.720. The number of hydrogen-bond donors (Lipinski definition) is 1. The van der Waals surface area contributed by atoms with Crippen molar-refractivity contribution in [2.45, 2.75) is 38.6 Å². The molecule has 2 heterocycles. The van der Waals surface area contributed by atoms with Gasteiger partial charge in [-0.25, -0.2) is 0 Å². The van der Waals surface area contributed by atoms with E-state index in [1.54, 1.807) is 0 Å². The number of benzene rings is 2. The van der Waals surface area contributed by atoms with E-state index >= 15 is 0 Å². The first-order valence-corrected chi connectivity index (χ1v) is 11.6. The van der Waals surface area contributed by atoms with Gasteiger partial charge in [0, 0.05) is 22.7 Å². The molecule has 2 fully saturated rings. The average Bonchev–Trinajstić information content (AvgIpc) is 2.79. The van der Waals surface area contributed by atoms with E-state index in [4.69, 9.17) is 11.6 Å². The van der Waals surface area contributed by atoms with Crippen molar-refractivity contribution < 1.29 is 4.79 Å². The molecule has 2 aliphatic heterocycles. The fourth-order valence-electron chi connectivity index (χ4n) is 4.82. The number of nitrogens with one attached hydrogen (secondary N) is 1. The highest BCUT2D eigenvalue weighted by molar-refractivity contribution is 6.30. The summed E-state index contributed by atoms with van der Waals surface area (Å²) < 4.78 is 0. The van der Waals surface area contributed by atoms with Crippen molar-refractivity contribution in [3.8, 4) is 11.1 Å². The van der Waals surface area contributed by atoms with Gasteiger partial charge in [0.1, 0.15) is 0 Å². The number of rotatable bonds is 5. The Hall–Kier alpha value is -1.88. The molecule has 2 aromatic rings. The third-order valence-corrected chi connectivity index (χ3v) is 6.94. The number of carbonyl (C=O) groups excluding carboxylic acids is 1. The lowest BCUT2D eigenvalue weighted by atomic mass is 9.92. The predicted octanol–water partition coefficient (Wildman–Crippen LogP) is 5.14. The molecular formula is C25H32ClN3O. The summed E-state index contributed by atoms with van der Waals surface area (Å²) in [5.41, 5.74) is 2.97. The number of likely N-dealkylation sites (tertiary alicyclic amines) is 2. The lowest BCUT2D eigenvalue weighted by molar-refractivity contribution is -0.121. The van der Waals surface area contributed by atoms with Crippen LogP contribution in [0, 0.1) is 5.92 Å². The average molecular weight is 426 g/mol. The first-order valence-electron chi connectivity index (χ1n) is 11.3. The second kappa shape index (κ2) is 9.95. The lowest BCUT2D eigenvalue weighted by Gasteiger charge is -2.41. The summed E-state index contributed by atoms with van der Waals surface area (Å²) in [6, 6.07) is 16.5. The van der Waals surface area contributed by atoms with Gasteiger partial charge in [-0.3, -0.25) is 4.79 Å². The molecule has 1 amide bonds. The van der Waals surface area contributed by atoms with E-state index in [0.29, 0.717) is 11.1 Å². The maximum absolute atomic E-state index is 12.9. The van der Waals surface area contributed by atoms with Crippen LogP contribution in [-0.2, 0) is 4.79 Å². The minimum absolute atomic E-state index is 0.104. The third kappa shape index (κ3) is 5.23. The smallest absolute Gasteiger partial charge is 0.227 e. The van der Waals surface area contributed by atoms with Crippen molar-refractivity contribution >= 4 is 23.2 Å². The number of carbonyl (C=O) groups is 1. The van der Waals surface area contributed by atoms with Crippen LogP contribution in [0.15, 0.2) is 48.5 Å². The molecule has 4 rings (SSSR count). The van der Waals surface area contributed by atoms with Crippen LogP contribution in [0.2, 0.25) is 5.02 Å². The molecule has 1 N–H and O–H groups in total. The van der Waals surface area contributed by atoms with E-state index in [1.807, 2.05) is 48.5 Å². The predicted molar refractivity (Wildman–Crippen MR) is 125 cm³/mol. The van der Waals surface area contributed by atoms with Crippen molar-refractivity contribution in [3.05, 3.63) is 53.6 Å². The lowest BCUT2D eigenvalue weighted by Crippen LogP contribution is -2.48. The SMILES string of the molecule is CCN1CCC(N2CCC(C(=O)Nc3cccc(-c4cccc(Cl)c4)c3)CC2)CC1. The number of nitrogens with zero attached hydrogens (tertiary/aromatic N) is 2. The van der Waals surface area contributed by atoms with Crippen LogP contribution >= 0.6 is 11.6 Å².